The maximum atomic E-state index is 6.10. The standard InChI is InChI=1S/C16H25ClN4O.HI/c1-21(2)16(8-4-5-9-16)11-19-15(18)20-12-6-7-14(22-3)13(17)10-12;/h6-7,10H,4-5,8-9,11H2,1-3H3,(H3,18,19,20);1H. The first-order valence-electron chi connectivity index (χ1n) is 7.55. The summed E-state index contributed by atoms with van der Waals surface area (Å²) >= 11 is 6.10. The van der Waals surface area contributed by atoms with Crippen LogP contribution in [0.4, 0.5) is 5.69 Å². The molecule has 0 unspecified atom stereocenters. The van der Waals surface area contributed by atoms with Gasteiger partial charge < -0.3 is 20.7 Å². The molecular weight excluding hydrogens is 427 g/mol. The fraction of sp³-hybridized carbons (Fsp3) is 0.562. The number of anilines is 1. The van der Waals surface area contributed by atoms with Gasteiger partial charge in [-0.25, -0.2) is 0 Å². The third kappa shape index (κ3) is 5.12. The highest BCUT2D eigenvalue weighted by Gasteiger charge is 2.35. The number of nitrogens with one attached hydrogen (secondary N) is 1. The summed E-state index contributed by atoms with van der Waals surface area (Å²) in [5, 5.41) is 3.63. The number of hydrogen-bond donors (Lipinski definition) is 2. The summed E-state index contributed by atoms with van der Waals surface area (Å²) in [7, 11) is 5.83. The molecular formula is C16H26ClIN4O. The molecule has 0 spiro atoms. The van der Waals surface area contributed by atoms with Crippen molar-refractivity contribution in [1.29, 1.82) is 0 Å². The Kier molecular flexibility index (Phi) is 7.89. The molecule has 5 nitrogen and oxygen atoms in total. The minimum absolute atomic E-state index is 0. The van der Waals surface area contributed by atoms with Gasteiger partial charge >= 0.3 is 0 Å². The Balaban J connectivity index is 0.00000264. The maximum absolute atomic E-state index is 6.10. The lowest BCUT2D eigenvalue weighted by molar-refractivity contribution is 0.167. The molecule has 0 saturated heterocycles. The summed E-state index contributed by atoms with van der Waals surface area (Å²) < 4.78 is 5.13. The number of likely N-dealkylation sites (N-methyl/N-ethyl adjacent to an activating group) is 1. The summed E-state index contributed by atoms with van der Waals surface area (Å²) in [5.41, 5.74) is 6.96. The largest absolute Gasteiger partial charge is 0.495 e. The lowest BCUT2D eigenvalue weighted by Crippen LogP contribution is -2.45. The molecule has 0 bridgehead atoms. The van der Waals surface area contributed by atoms with Crippen molar-refractivity contribution in [3.05, 3.63) is 23.2 Å². The molecule has 23 heavy (non-hydrogen) atoms. The first-order chi connectivity index (χ1) is 10.5. The molecule has 7 heteroatoms. The number of aliphatic imine (C=N–C) groups is 1. The fourth-order valence-corrected chi connectivity index (χ4v) is 3.20. The number of halogens is 2. The normalized spacial score (nSPS) is 17.0. The van der Waals surface area contributed by atoms with Crippen LogP contribution in [-0.4, -0.2) is 44.1 Å². The highest BCUT2D eigenvalue weighted by molar-refractivity contribution is 14.0. The number of hydrogen-bond acceptors (Lipinski definition) is 3. The Morgan fingerprint density at radius 1 is 1.39 bits per heavy atom. The molecule has 3 N–H and O–H groups in total. The molecule has 1 fully saturated rings. The van der Waals surface area contributed by atoms with E-state index < -0.39 is 0 Å². The summed E-state index contributed by atoms with van der Waals surface area (Å²) in [6.07, 6.45) is 4.86. The number of ether oxygens (including phenoxy) is 1. The van der Waals surface area contributed by atoms with Crippen molar-refractivity contribution in [3.63, 3.8) is 0 Å². The monoisotopic (exact) mass is 452 g/mol. The number of methoxy groups -OCH3 is 1. The van der Waals surface area contributed by atoms with Gasteiger partial charge in [0.05, 0.1) is 18.7 Å². The van der Waals surface area contributed by atoms with Crippen LogP contribution in [-0.2, 0) is 0 Å². The zero-order valence-electron chi connectivity index (χ0n) is 13.9. The second-order valence-corrected chi connectivity index (χ2v) is 6.41. The van der Waals surface area contributed by atoms with Crippen LogP contribution in [0.15, 0.2) is 23.2 Å². The topological polar surface area (TPSA) is 62.9 Å². The van der Waals surface area contributed by atoms with E-state index in [0.717, 1.165) is 5.69 Å². The highest BCUT2D eigenvalue weighted by atomic mass is 127. The van der Waals surface area contributed by atoms with Crippen molar-refractivity contribution in [3.8, 4) is 5.75 Å². The van der Waals surface area contributed by atoms with Gasteiger partial charge in [-0.1, -0.05) is 24.4 Å². The molecule has 1 aliphatic carbocycles. The Morgan fingerprint density at radius 3 is 2.57 bits per heavy atom. The van der Waals surface area contributed by atoms with Gasteiger partial charge in [-0.05, 0) is 45.1 Å². The van der Waals surface area contributed by atoms with Crippen molar-refractivity contribution in [1.82, 2.24) is 4.90 Å². The lowest BCUT2D eigenvalue weighted by atomic mass is 9.96. The summed E-state index contributed by atoms with van der Waals surface area (Å²) in [4.78, 5) is 6.81. The average Bonchev–Trinajstić information content (AvgIpc) is 2.96. The molecule has 0 amide bonds. The first kappa shape index (κ1) is 20.3. The van der Waals surface area contributed by atoms with E-state index in [2.05, 4.69) is 29.3 Å². The Bertz CT molecular complexity index is 545. The van der Waals surface area contributed by atoms with Gasteiger partial charge in [-0.3, -0.25) is 4.99 Å². The molecule has 1 aromatic rings. The first-order valence-corrected chi connectivity index (χ1v) is 7.92. The van der Waals surface area contributed by atoms with Crippen molar-refractivity contribution < 1.29 is 4.74 Å². The van der Waals surface area contributed by atoms with E-state index in [-0.39, 0.29) is 29.5 Å². The second-order valence-electron chi connectivity index (χ2n) is 6.00. The summed E-state index contributed by atoms with van der Waals surface area (Å²) in [6.45, 7) is 0.711. The van der Waals surface area contributed by atoms with E-state index in [0.29, 0.717) is 23.3 Å². The van der Waals surface area contributed by atoms with E-state index in [1.54, 1.807) is 19.2 Å². The van der Waals surface area contributed by atoms with Crippen LogP contribution in [0.25, 0.3) is 0 Å². The number of nitrogens with zero attached hydrogens (tertiary/aromatic N) is 2. The zero-order chi connectivity index (χ0) is 16.2. The van der Waals surface area contributed by atoms with Crippen LogP contribution in [0.2, 0.25) is 5.02 Å². The van der Waals surface area contributed by atoms with Crippen LogP contribution in [0.3, 0.4) is 0 Å². The molecule has 0 aliphatic heterocycles. The third-order valence-electron chi connectivity index (χ3n) is 4.45. The van der Waals surface area contributed by atoms with Gasteiger partial charge in [0.2, 0.25) is 0 Å². The second kappa shape index (κ2) is 8.94. The van der Waals surface area contributed by atoms with Crippen molar-refractivity contribution >= 4 is 47.2 Å². The molecule has 0 heterocycles. The molecule has 0 atom stereocenters. The van der Waals surface area contributed by atoms with Crippen molar-refractivity contribution in [2.24, 2.45) is 10.7 Å². The molecule has 1 saturated carbocycles. The van der Waals surface area contributed by atoms with Crippen LogP contribution in [0.1, 0.15) is 25.7 Å². The minimum atomic E-state index is 0. The predicted molar refractivity (Wildman–Crippen MR) is 108 cm³/mol. The lowest BCUT2D eigenvalue weighted by Gasteiger charge is -2.34. The Hall–Kier alpha value is -0.730. The van der Waals surface area contributed by atoms with Gasteiger partial charge in [0.25, 0.3) is 0 Å². The van der Waals surface area contributed by atoms with Gasteiger partial charge in [0.1, 0.15) is 5.75 Å². The van der Waals surface area contributed by atoms with E-state index in [1.807, 2.05) is 6.07 Å². The maximum Gasteiger partial charge on any atom is 0.193 e. The smallest absolute Gasteiger partial charge is 0.193 e. The minimum Gasteiger partial charge on any atom is -0.495 e. The fourth-order valence-electron chi connectivity index (χ4n) is 2.94. The highest BCUT2D eigenvalue weighted by Crippen LogP contribution is 2.34. The summed E-state index contributed by atoms with van der Waals surface area (Å²) in [6, 6.07) is 5.45. The number of guanidine groups is 1. The molecule has 0 aromatic heterocycles. The van der Waals surface area contributed by atoms with E-state index in [1.165, 1.54) is 25.7 Å². The molecule has 0 radical (unpaired) electrons. The van der Waals surface area contributed by atoms with Crippen LogP contribution in [0, 0.1) is 0 Å². The van der Waals surface area contributed by atoms with Gasteiger partial charge in [-0.2, -0.15) is 0 Å². The van der Waals surface area contributed by atoms with Gasteiger partial charge in [-0.15, -0.1) is 24.0 Å². The van der Waals surface area contributed by atoms with Crippen LogP contribution >= 0.6 is 35.6 Å². The third-order valence-corrected chi connectivity index (χ3v) is 4.75. The molecule has 130 valence electrons. The summed E-state index contributed by atoms with van der Waals surface area (Å²) in [5.74, 6) is 1.05. The van der Waals surface area contributed by atoms with E-state index >= 15 is 0 Å². The molecule has 2 rings (SSSR count). The van der Waals surface area contributed by atoms with Gasteiger partial charge in [0.15, 0.2) is 5.96 Å². The Morgan fingerprint density at radius 2 is 2.04 bits per heavy atom. The number of benzene rings is 1. The SMILES string of the molecule is COc1ccc(NC(N)=NCC2(N(C)C)CCCC2)cc1Cl.I. The van der Waals surface area contributed by atoms with Gasteiger partial charge in [0, 0.05) is 11.2 Å². The zero-order valence-corrected chi connectivity index (χ0v) is 17.0. The molecule has 1 aromatic carbocycles. The van der Waals surface area contributed by atoms with Crippen LogP contribution in [0.5, 0.6) is 5.75 Å². The number of rotatable bonds is 5. The average molecular weight is 453 g/mol. The quantitative estimate of drug-likeness (QED) is 0.407. The number of nitrogens with two attached hydrogens (primary N) is 1. The van der Waals surface area contributed by atoms with E-state index in [4.69, 9.17) is 22.1 Å². The van der Waals surface area contributed by atoms with Crippen molar-refractivity contribution in [2.45, 2.75) is 31.2 Å². The molecule has 1 aliphatic rings. The Labute approximate surface area is 160 Å². The van der Waals surface area contributed by atoms with E-state index in [9.17, 15) is 0 Å². The van der Waals surface area contributed by atoms with Crippen molar-refractivity contribution in [2.75, 3.05) is 33.1 Å². The predicted octanol–water partition coefficient (Wildman–Crippen LogP) is 3.57. The van der Waals surface area contributed by atoms with Crippen LogP contribution < -0.4 is 15.8 Å².